The van der Waals surface area contributed by atoms with Crippen molar-refractivity contribution in [2.75, 3.05) is 6.61 Å². The summed E-state index contributed by atoms with van der Waals surface area (Å²) in [6, 6.07) is 10.4. The van der Waals surface area contributed by atoms with Crippen LogP contribution < -0.4 is 10.2 Å². The molecule has 0 heterocycles. The highest BCUT2D eigenvalue weighted by atomic mass is 16.6. The van der Waals surface area contributed by atoms with Crippen LogP contribution in [-0.4, -0.2) is 33.9 Å². The molecule has 0 saturated carbocycles. The van der Waals surface area contributed by atoms with Crippen LogP contribution in [0.2, 0.25) is 0 Å². The van der Waals surface area contributed by atoms with E-state index in [4.69, 9.17) is 4.74 Å². The molecule has 2 rings (SSSR count). The van der Waals surface area contributed by atoms with Crippen molar-refractivity contribution in [3.05, 3.63) is 63.7 Å². The van der Waals surface area contributed by atoms with E-state index in [-0.39, 0.29) is 29.4 Å². The first-order valence-electron chi connectivity index (χ1n) is 7.64. The fraction of sp³-hybridized carbons (Fsp3) is 0.176. The molecule has 9 heteroatoms. The Morgan fingerprint density at radius 3 is 2.69 bits per heavy atom. The molecule has 1 unspecified atom stereocenters. The molecule has 2 aromatic rings. The number of aliphatic hydroxyl groups is 1. The van der Waals surface area contributed by atoms with Crippen LogP contribution in [0.15, 0.2) is 47.6 Å². The number of phenols is 1. The molecule has 1 atom stereocenters. The van der Waals surface area contributed by atoms with Crippen molar-refractivity contribution < 1.29 is 24.7 Å². The van der Waals surface area contributed by atoms with Gasteiger partial charge in [0.1, 0.15) is 0 Å². The summed E-state index contributed by atoms with van der Waals surface area (Å²) < 4.78 is 5.15. The van der Waals surface area contributed by atoms with E-state index in [1.807, 2.05) is 0 Å². The number of nitro groups is 1. The maximum absolute atomic E-state index is 11.9. The Balaban J connectivity index is 2.16. The smallest absolute Gasteiger partial charge is 0.274 e. The van der Waals surface area contributed by atoms with Gasteiger partial charge in [0.15, 0.2) is 17.6 Å². The molecule has 0 spiro atoms. The van der Waals surface area contributed by atoms with Crippen LogP contribution >= 0.6 is 0 Å². The van der Waals surface area contributed by atoms with Gasteiger partial charge in [-0.2, -0.15) is 5.10 Å². The first-order valence-corrected chi connectivity index (χ1v) is 7.64. The van der Waals surface area contributed by atoms with E-state index >= 15 is 0 Å². The van der Waals surface area contributed by atoms with Gasteiger partial charge in [0.25, 0.3) is 11.6 Å². The fourth-order valence-corrected chi connectivity index (χ4v) is 2.10. The van der Waals surface area contributed by atoms with Gasteiger partial charge in [-0.15, -0.1) is 0 Å². The molecule has 0 saturated heterocycles. The number of aliphatic hydroxyl groups excluding tert-OH is 1. The molecule has 0 aromatic heterocycles. The SMILES string of the molecule is CCOc1cc([N+](=O)[O-])cc(/C=N/NC(=O)C(O)c2ccccc2)c1O. The third-order valence-electron chi connectivity index (χ3n) is 3.34. The van der Waals surface area contributed by atoms with Crippen molar-refractivity contribution in [3.8, 4) is 11.5 Å². The van der Waals surface area contributed by atoms with Crippen LogP contribution in [0.4, 0.5) is 5.69 Å². The van der Waals surface area contributed by atoms with Crippen molar-refractivity contribution >= 4 is 17.8 Å². The molecule has 0 aliphatic rings. The van der Waals surface area contributed by atoms with Gasteiger partial charge in [-0.25, -0.2) is 5.43 Å². The lowest BCUT2D eigenvalue weighted by Crippen LogP contribution is -2.25. The Morgan fingerprint density at radius 2 is 2.08 bits per heavy atom. The van der Waals surface area contributed by atoms with Crippen LogP contribution in [0.3, 0.4) is 0 Å². The van der Waals surface area contributed by atoms with Crippen LogP contribution in [0, 0.1) is 10.1 Å². The Morgan fingerprint density at radius 1 is 1.38 bits per heavy atom. The number of hydrogen-bond acceptors (Lipinski definition) is 7. The number of hydrazone groups is 1. The average molecular weight is 359 g/mol. The third kappa shape index (κ3) is 4.54. The first kappa shape index (κ1) is 18.9. The number of non-ortho nitro benzene ring substituents is 1. The van der Waals surface area contributed by atoms with E-state index in [2.05, 4.69) is 10.5 Å². The number of ether oxygens (including phenoxy) is 1. The molecule has 26 heavy (non-hydrogen) atoms. The van der Waals surface area contributed by atoms with Crippen LogP contribution in [0.1, 0.15) is 24.2 Å². The van der Waals surface area contributed by atoms with Gasteiger partial charge >= 0.3 is 0 Å². The summed E-state index contributed by atoms with van der Waals surface area (Å²) in [7, 11) is 0. The monoisotopic (exact) mass is 359 g/mol. The summed E-state index contributed by atoms with van der Waals surface area (Å²) in [5, 5.41) is 34.6. The molecule has 0 radical (unpaired) electrons. The molecule has 2 aromatic carbocycles. The quantitative estimate of drug-likeness (QED) is 0.392. The number of hydrogen-bond donors (Lipinski definition) is 3. The van der Waals surface area contributed by atoms with Crippen LogP contribution in [-0.2, 0) is 4.79 Å². The molecule has 0 aliphatic carbocycles. The second kappa shape index (κ2) is 8.58. The zero-order valence-electron chi connectivity index (χ0n) is 13.8. The van der Waals surface area contributed by atoms with Crippen molar-refractivity contribution in [3.63, 3.8) is 0 Å². The number of nitrogens with one attached hydrogen (secondary N) is 1. The minimum Gasteiger partial charge on any atom is -0.504 e. The fourth-order valence-electron chi connectivity index (χ4n) is 2.10. The number of rotatable bonds is 7. The lowest BCUT2D eigenvalue weighted by Gasteiger charge is -2.09. The minimum absolute atomic E-state index is 0.0165. The number of benzene rings is 2. The second-order valence-electron chi connectivity index (χ2n) is 5.12. The van der Waals surface area contributed by atoms with E-state index in [0.29, 0.717) is 5.56 Å². The summed E-state index contributed by atoms with van der Waals surface area (Å²) in [5.41, 5.74) is 2.18. The highest BCUT2D eigenvalue weighted by Gasteiger charge is 2.18. The highest BCUT2D eigenvalue weighted by Crippen LogP contribution is 2.33. The lowest BCUT2D eigenvalue weighted by atomic mass is 10.1. The molecule has 0 fully saturated rings. The van der Waals surface area contributed by atoms with E-state index in [0.717, 1.165) is 18.3 Å². The number of nitrogens with zero attached hydrogens (tertiary/aromatic N) is 2. The molecular formula is C17H17N3O6. The minimum atomic E-state index is -1.42. The van der Waals surface area contributed by atoms with E-state index in [1.165, 1.54) is 0 Å². The second-order valence-corrected chi connectivity index (χ2v) is 5.12. The number of aromatic hydroxyl groups is 1. The Bertz CT molecular complexity index is 823. The zero-order chi connectivity index (χ0) is 19.1. The molecule has 0 aliphatic heterocycles. The largest absolute Gasteiger partial charge is 0.504 e. The van der Waals surface area contributed by atoms with Gasteiger partial charge in [0, 0.05) is 11.6 Å². The molecular weight excluding hydrogens is 342 g/mol. The maximum atomic E-state index is 11.9. The Kier molecular flexibility index (Phi) is 6.23. The van der Waals surface area contributed by atoms with Gasteiger partial charge in [-0.05, 0) is 12.5 Å². The number of amides is 1. The summed E-state index contributed by atoms with van der Waals surface area (Å²) >= 11 is 0. The van der Waals surface area contributed by atoms with Gasteiger partial charge in [-0.3, -0.25) is 14.9 Å². The highest BCUT2D eigenvalue weighted by molar-refractivity contribution is 5.88. The standard InChI is InChI=1S/C17H17N3O6/c1-2-26-14-9-13(20(24)25)8-12(15(14)21)10-18-19-17(23)16(22)11-6-4-3-5-7-11/h3-10,16,21-22H,2H2,1H3,(H,19,23)/b18-10+. The summed E-state index contributed by atoms with van der Waals surface area (Å²) in [5.74, 6) is -1.21. The number of nitro benzene ring substituents is 1. The Labute approximate surface area is 148 Å². The molecule has 1 amide bonds. The van der Waals surface area contributed by atoms with Gasteiger partial charge in [0.05, 0.1) is 23.8 Å². The van der Waals surface area contributed by atoms with Gasteiger partial charge in [0.2, 0.25) is 0 Å². The van der Waals surface area contributed by atoms with Crippen molar-refractivity contribution in [2.24, 2.45) is 5.10 Å². The third-order valence-corrected chi connectivity index (χ3v) is 3.34. The molecule has 0 bridgehead atoms. The van der Waals surface area contributed by atoms with Crippen molar-refractivity contribution in [1.82, 2.24) is 5.43 Å². The first-order chi connectivity index (χ1) is 12.4. The summed E-state index contributed by atoms with van der Waals surface area (Å²) in [4.78, 5) is 22.2. The number of carbonyl (C=O) groups is 1. The normalized spacial score (nSPS) is 11.9. The van der Waals surface area contributed by atoms with Crippen molar-refractivity contribution in [1.29, 1.82) is 0 Å². The van der Waals surface area contributed by atoms with Gasteiger partial charge in [-0.1, -0.05) is 30.3 Å². The van der Waals surface area contributed by atoms with Crippen molar-refractivity contribution in [2.45, 2.75) is 13.0 Å². The van der Waals surface area contributed by atoms with Crippen LogP contribution in [0.5, 0.6) is 11.5 Å². The number of carbonyl (C=O) groups excluding carboxylic acids is 1. The van der Waals surface area contributed by atoms with E-state index in [9.17, 15) is 25.1 Å². The predicted molar refractivity (Wildman–Crippen MR) is 93.1 cm³/mol. The number of phenolic OH excluding ortho intramolecular Hbond substituents is 1. The molecule has 3 N–H and O–H groups in total. The topological polar surface area (TPSA) is 134 Å². The van der Waals surface area contributed by atoms with E-state index in [1.54, 1.807) is 37.3 Å². The van der Waals surface area contributed by atoms with Crippen LogP contribution in [0.25, 0.3) is 0 Å². The summed E-state index contributed by atoms with van der Waals surface area (Å²) in [6.07, 6.45) is -0.397. The zero-order valence-corrected chi connectivity index (χ0v) is 13.8. The van der Waals surface area contributed by atoms with Gasteiger partial charge < -0.3 is 14.9 Å². The molecule has 136 valence electrons. The summed E-state index contributed by atoms with van der Waals surface area (Å²) in [6.45, 7) is 1.86. The molecule has 9 nitrogen and oxygen atoms in total. The lowest BCUT2D eigenvalue weighted by molar-refractivity contribution is -0.385. The Hall–Kier alpha value is -3.46. The average Bonchev–Trinajstić information content (AvgIpc) is 2.64. The van der Waals surface area contributed by atoms with E-state index < -0.39 is 16.9 Å². The predicted octanol–water partition coefficient (Wildman–Crippen LogP) is 1.88. The maximum Gasteiger partial charge on any atom is 0.274 e.